The van der Waals surface area contributed by atoms with E-state index in [9.17, 15) is 4.79 Å². The van der Waals surface area contributed by atoms with Gasteiger partial charge in [0.2, 0.25) is 5.91 Å². The Bertz CT molecular complexity index is 958. The molecule has 0 bridgehead atoms. The molecule has 1 amide bonds. The number of allylic oxidation sites excluding steroid dienone is 1. The van der Waals surface area contributed by atoms with Gasteiger partial charge in [0, 0.05) is 6.92 Å². The summed E-state index contributed by atoms with van der Waals surface area (Å²) in [5.41, 5.74) is 1.03. The lowest BCUT2D eigenvalue weighted by molar-refractivity contribution is -0.121. The van der Waals surface area contributed by atoms with Gasteiger partial charge in [0.05, 0.1) is 33.0 Å². The van der Waals surface area contributed by atoms with E-state index < -0.39 is 0 Å². The van der Waals surface area contributed by atoms with Gasteiger partial charge in [0.1, 0.15) is 23.9 Å². The van der Waals surface area contributed by atoms with Gasteiger partial charge in [-0.3, -0.25) is 4.79 Å². The van der Waals surface area contributed by atoms with Gasteiger partial charge < -0.3 is 24.3 Å². The lowest BCUT2D eigenvalue weighted by Gasteiger charge is -2.26. The summed E-state index contributed by atoms with van der Waals surface area (Å²) >= 11 is 0. The third kappa shape index (κ3) is 15.6. The van der Waals surface area contributed by atoms with Crippen LogP contribution in [0.25, 0.3) is 0 Å². The zero-order valence-electron chi connectivity index (χ0n) is 25.9. The number of methoxy groups -OCH3 is 2. The second-order valence-corrected chi connectivity index (χ2v) is 10.7. The van der Waals surface area contributed by atoms with Gasteiger partial charge in [-0.2, -0.15) is 0 Å². The van der Waals surface area contributed by atoms with Crippen LogP contribution in [0, 0.1) is 0 Å². The monoisotopic (exact) mass is 567 g/mol. The summed E-state index contributed by atoms with van der Waals surface area (Å²) < 4.78 is 22.9. The van der Waals surface area contributed by atoms with Crippen molar-refractivity contribution in [3.63, 3.8) is 0 Å². The van der Waals surface area contributed by atoms with Crippen molar-refractivity contribution in [1.29, 1.82) is 0 Å². The van der Waals surface area contributed by atoms with Crippen molar-refractivity contribution in [3.05, 3.63) is 66.2 Å². The number of carbonyl (C=O) groups excluding carboxylic acids is 1. The van der Waals surface area contributed by atoms with Gasteiger partial charge in [0.15, 0.2) is 0 Å². The highest BCUT2D eigenvalue weighted by Gasteiger charge is 2.22. The van der Waals surface area contributed by atoms with Crippen LogP contribution in [0.1, 0.15) is 96.5 Å². The first kappa shape index (κ1) is 34.2. The fourth-order valence-electron chi connectivity index (χ4n) is 4.71. The standard InChI is InChI=1S/C35H53NO5/c1-5-6-7-8-9-10-11-12-13-14-15-16-17-18-35(41-27-30-19-21-31(38-3)22-20-30)34(36-29(2)37)28-40-33-25-23-32(39-4)24-26-33/h17-26,34-35H,5-16,27-28H2,1-4H3,(H,36,37)/b18-17+/t34-,35-/m1/s1. The fourth-order valence-corrected chi connectivity index (χ4v) is 4.71. The molecule has 0 unspecified atom stereocenters. The maximum Gasteiger partial charge on any atom is 0.217 e. The van der Waals surface area contributed by atoms with E-state index in [4.69, 9.17) is 18.9 Å². The van der Waals surface area contributed by atoms with E-state index in [1.54, 1.807) is 14.2 Å². The molecule has 228 valence electrons. The molecule has 2 rings (SSSR count). The minimum Gasteiger partial charge on any atom is -0.497 e. The van der Waals surface area contributed by atoms with Crippen molar-refractivity contribution >= 4 is 5.91 Å². The van der Waals surface area contributed by atoms with Crippen LogP contribution in [0.4, 0.5) is 0 Å². The molecule has 2 aromatic carbocycles. The molecule has 2 aromatic rings. The van der Waals surface area contributed by atoms with E-state index >= 15 is 0 Å². The summed E-state index contributed by atoms with van der Waals surface area (Å²) in [4.78, 5) is 12.1. The first-order valence-corrected chi connectivity index (χ1v) is 15.5. The molecule has 0 saturated carbocycles. The van der Waals surface area contributed by atoms with Crippen LogP contribution in [0.3, 0.4) is 0 Å². The molecule has 6 heteroatoms. The number of carbonyl (C=O) groups is 1. The van der Waals surface area contributed by atoms with Gasteiger partial charge in [0.25, 0.3) is 0 Å². The zero-order chi connectivity index (χ0) is 29.5. The van der Waals surface area contributed by atoms with Crippen molar-refractivity contribution in [1.82, 2.24) is 5.32 Å². The van der Waals surface area contributed by atoms with Crippen molar-refractivity contribution in [2.75, 3.05) is 20.8 Å². The molecule has 0 spiro atoms. The average molecular weight is 568 g/mol. The summed E-state index contributed by atoms with van der Waals surface area (Å²) in [7, 11) is 3.29. The molecular weight excluding hydrogens is 514 g/mol. The number of hydrogen-bond acceptors (Lipinski definition) is 5. The average Bonchev–Trinajstić information content (AvgIpc) is 2.99. The minimum atomic E-state index is -0.346. The van der Waals surface area contributed by atoms with Crippen LogP contribution in [0.2, 0.25) is 0 Å². The molecule has 0 aliphatic carbocycles. The molecule has 0 radical (unpaired) electrons. The van der Waals surface area contributed by atoms with Gasteiger partial charge in [-0.1, -0.05) is 95.4 Å². The molecule has 6 nitrogen and oxygen atoms in total. The van der Waals surface area contributed by atoms with E-state index in [-0.39, 0.29) is 24.7 Å². The highest BCUT2D eigenvalue weighted by atomic mass is 16.5. The van der Waals surface area contributed by atoms with Gasteiger partial charge in [-0.05, 0) is 54.8 Å². The summed E-state index contributed by atoms with van der Waals surface area (Å²) in [5.74, 6) is 2.16. The van der Waals surface area contributed by atoms with Crippen LogP contribution < -0.4 is 19.5 Å². The van der Waals surface area contributed by atoms with E-state index in [0.717, 1.165) is 29.9 Å². The predicted molar refractivity (Wildman–Crippen MR) is 168 cm³/mol. The molecular formula is C35H53NO5. The second-order valence-electron chi connectivity index (χ2n) is 10.7. The van der Waals surface area contributed by atoms with Crippen molar-refractivity contribution in [2.45, 2.75) is 110 Å². The van der Waals surface area contributed by atoms with Gasteiger partial charge >= 0.3 is 0 Å². The number of nitrogens with one attached hydrogen (secondary N) is 1. The van der Waals surface area contributed by atoms with Crippen LogP contribution in [-0.2, 0) is 16.1 Å². The number of hydrogen-bond donors (Lipinski definition) is 1. The Hall–Kier alpha value is -2.99. The third-order valence-electron chi connectivity index (χ3n) is 7.18. The Balaban J connectivity index is 1.90. The number of unbranched alkanes of at least 4 members (excludes halogenated alkanes) is 11. The Morgan fingerprint density at radius 3 is 1.80 bits per heavy atom. The smallest absolute Gasteiger partial charge is 0.217 e. The molecule has 0 heterocycles. The predicted octanol–water partition coefficient (Wildman–Crippen LogP) is 8.43. The van der Waals surface area contributed by atoms with Crippen molar-refractivity contribution < 1.29 is 23.7 Å². The Morgan fingerprint density at radius 1 is 0.756 bits per heavy atom. The van der Waals surface area contributed by atoms with Gasteiger partial charge in [-0.25, -0.2) is 0 Å². The minimum absolute atomic E-state index is 0.120. The molecule has 0 aliphatic rings. The molecule has 41 heavy (non-hydrogen) atoms. The van der Waals surface area contributed by atoms with E-state index in [0.29, 0.717) is 12.4 Å². The zero-order valence-corrected chi connectivity index (χ0v) is 25.9. The molecule has 2 atom stereocenters. The Labute approximate surface area is 248 Å². The lowest BCUT2D eigenvalue weighted by Crippen LogP contribution is -2.46. The lowest BCUT2D eigenvalue weighted by atomic mass is 10.0. The van der Waals surface area contributed by atoms with Crippen molar-refractivity contribution in [2.24, 2.45) is 0 Å². The first-order valence-electron chi connectivity index (χ1n) is 15.5. The molecule has 0 aliphatic heterocycles. The van der Waals surface area contributed by atoms with E-state index in [2.05, 4.69) is 24.4 Å². The largest absolute Gasteiger partial charge is 0.497 e. The van der Waals surface area contributed by atoms with Crippen molar-refractivity contribution in [3.8, 4) is 17.2 Å². The SMILES string of the molecule is CCCCCCCCCCCCC/C=C/[C@@H](OCc1ccc(OC)cc1)[C@@H](COc1ccc(OC)cc1)NC(C)=O. The summed E-state index contributed by atoms with van der Waals surface area (Å²) in [6.45, 7) is 4.48. The topological polar surface area (TPSA) is 66.0 Å². The first-order chi connectivity index (χ1) is 20.0. The maximum atomic E-state index is 12.1. The number of amides is 1. The summed E-state index contributed by atoms with van der Waals surface area (Å²) in [6.07, 6.45) is 19.5. The van der Waals surface area contributed by atoms with E-state index in [1.165, 1.54) is 71.1 Å². The fraction of sp³-hybridized carbons (Fsp3) is 0.571. The van der Waals surface area contributed by atoms with Crippen LogP contribution in [0.5, 0.6) is 17.2 Å². The number of ether oxygens (including phenoxy) is 4. The highest BCUT2D eigenvalue weighted by molar-refractivity contribution is 5.73. The Kier molecular flexibility index (Phi) is 18.1. The van der Waals surface area contributed by atoms with Gasteiger partial charge in [-0.15, -0.1) is 0 Å². The van der Waals surface area contributed by atoms with Crippen LogP contribution in [0.15, 0.2) is 60.7 Å². The van der Waals surface area contributed by atoms with Crippen LogP contribution >= 0.6 is 0 Å². The quantitative estimate of drug-likeness (QED) is 0.108. The van der Waals surface area contributed by atoms with Crippen LogP contribution in [-0.4, -0.2) is 38.9 Å². The highest BCUT2D eigenvalue weighted by Crippen LogP contribution is 2.19. The normalized spacial score (nSPS) is 12.7. The number of rotatable bonds is 23. The third-order valence-corrected chi connectivity index (χ3v) is 7.18. The molecule has 1 N–H and O–H groups in total. The molecule has 0 aromatic heterocycles. The summed E-state index contributed by atoms with van der Waals surface area (Å²) in [6, 6.07) is 14.9. The Morgan fingerprint density at radius 2 is 1.27 bits per heavy atom. The van der Waals surface area contributed by atoms with E-state index in [1.807, 2.05) is 48.5 Å². The second kappa shape index (κ2) is 21.7. The summed E-state index contributed by atoms with van der Waals surface area (Å²) in [5, 5.41) is 3.04. The maximum absolute atomic E-state index is 12.1. The molecule has 0 saturated heterocycles. The molecule has 0 fully saturated rings. The number of benzene rings is 2.